The van der Waals surface area contributed by atoms with Gasteiger partial charge in [0.05, 0.1) is 12.2 Å². The molecule has 0 spiro atoms. The molecule has 136 valence electrons. The van der Waals surface area contributed by atoms with Gasteiger partial charge in [-0.05, 0) is 36.4 Å². The number of amides is 2. The number of nitrogens with one attached hydrogen (secondary N) is 1. The molecule has 0 unspecified atom stereocenters. The van der Waals surface area contributed by atoms with Gasteiger partial charge in [0.25, 0.3) is 0 Å². The zero-order valence-corrected chi connectivity index (χ0v) is 14.3. The standard InChI is InChI=1S/C19H21FN4O2/c20-16-3-1-2-4-17(16)24-11-9-23(10-12-24)13-18(25)22-15-7-5-14(6-8-15)19(21)26/h1-8H,9-13H2,(H2,21,26)(H,22,25). The van der Waals surface area contributed by atoms with E-state index in [1.54, 1.807) is 36.4 Å². The Bertz CT molecular complexity index is 786. The molecule has 0 aromatic heterocycles. The molecule has 1 aliphatic rings. The number of hydrogen-bond acceptors (Lipinski definition) is 4. The third-order valence-electron chi connectivity index (χ3n) is 4.39. The highest BCUT2D eigenvalue weighted by atomic mass is 19.1. The van der Waals surface area contributed by atoms with Gasteiger partial charge in [-0.25, -0.2) is 4.39 Å². The Morgan fingerprint density at radius 1 is 1.00 bits per heavy atom. The molecule has 1 aliphatic heterocycles. The van der Waals surface area contributed by atoms with Crippen LogP contribution in [0, 0.1) is 5.82 Å². The third-order valence-corrected chi connectivity index (χ3v) is 4.39. The number of para-hydroxylation sites is 1. The Morgan fingerprint density at radius 2 is 1.65 bits per heavy atom. The first kappa shape index (κ1) is 17.9. The zero-order valence-electron chi connectivity index (χ0n) is 14.3. The van der Waals surface area contributed by atoms with Gasteiger partial charge in [-0.3, -0.25) is 14.5 Å². The largest absolute Gasteiger partial charge is 0.367 e. The predicted molar refractivity (Wildman–Crippen MR) is 98.6 cm³/mol. The minimum Gasteiger partial charge on any atom is -0.367 e. The lowest BCUT2D eigenvalue weighted by atomic mass is 10.2. The maximum absolute atomic E-state index is 13.9. The van der Waals surface area contributed by atoms with Crippen molar-refractivity contribution in [2.75, 3.05) is 42.9 Å². The van der Waals surface area contributed by atoms with E-state index in [0.29, 0.717) is 43.1 Å². The molecule has 2 amide bonds. The van der Waals surface area contributed by atoms with Crippen LogP contribution in [0.15, 0.2) is 48.5 Å². The van der Waals surface area contributed by atoms with Gasteiger partial charge in [-0.1, -0.05) is 12.1 Å². The summed E-state index contributed by atoms with van der Waals surface area (Å²) in [6.45, 7) is 2.97. The minimum atomic E-state index is -0.504. The molecule has 26 heavy (non-hydrogen) atoms. The van der Waals surface area contributed by atoms with Crippen molar-refractivity contribution in [3.63, 3.8) is 0 Å². The number of rotatable bonds is 5. The second kappa shape index (κ2) is 7.97. The van der Waals surface area contributed by atoms with E-state index in [2.05, 4.69) is 5.32 Å². The molecule has 0 saturated carbocycles. The summed E-state index contributed by atoms with van der Waals surface area (Å²) in [5.74, 6) is -0.857. The number of hydrogen-bond donors (Lipinski definition) is 2. The van der Waals surface area contributed by atoms with E-state index in [1.165, 1.54) is 6.07 Å². The lowest BCUT2D eigenvalue weighted by Gasteiger charge is -2.35. The molecule has 1 heterocycles. The van der Waals surface area contributed by atoms with Gasteiger partial charge in [0.2, 0.25) is 11.8 Å². The quantitative estimate of drug-likeness (QED) is 0.854. The summed E-state index contributed by atoms with van der Waals surface area (Å²) in [4.78, 5) is 27.3. The van der Waals surface area contributed by atoms with E-state index in [9.17, 15) is 14.0 Å². The van der Waals surface area contributed by atoms with Gasteiger partial charge in [-0.2, -0.15) is 0 Å². The lowest BCUT2D eigenvalue weighted by Crippen LogP contribution is -2.48. The summed E-state index contributed by atoms with van der Waals surface area (Å²) in [5.41, 5.74) is 6.81. The molecule has 6 nitrogen and oxygen atoms in total. The van der Waals surface area contributed by atoms with E-state index < -0.39 is 5.91 Å². The fourth-order valence-electron chi connectivity index (χ4n) is 2.98. The number of carbonyl (C=O) groups is 2. The number of nitrogens with two attached hydrogens (primary N) is 1. The molecule has 0 bridgehead atoms. The Labute approximate surface area is 151 Å². The van der Waals surface area contributed by atoms with Crippen LogP contribution in [-0.4, -0.2) is 49.4 Å². The van der Waals surface area contributed by atoms with Crippen LogP contribution in [0.4, 0.5) is 15.8 Å². The maximum atomic E-state index is 13.9. The molecule has 3 N–H and O–H groups in total. The van der Waals surface area contributed by atoms with E-state index in [0.717, 1.165) is 0 Å². The average Bonchev–Trinajstić information content (AvgIpc) is 2.63. The number of nitrogens with zero attached hydrogens (tertiary/aromatic N) is 2. The second-order valence-electron chi connectivity index (χ2n) is 6.20. The number of primary amides is 1. The van der Waals surface area contributed by atoms with Gasteiger partial charge >= 0.3 is 0 Å². The summed E-state index contributed by atoms with van der Waals surface area (Å²) in [7, 11) is 0. The highest BCUT2D eigenvalue weighted by Gasteiger charge is 2.20. The predicted octanol–water partition coefficient (Wildman–Crippen LogP) is 1.69. The lowest BCUT2D eigenvalue weighted by molar-refractivity contribution is -0.117. The van der Waals surface area contributed by atoms with Gasteiger partial charge in [-0.15, -0.1) is 0 Å². The highest BCUT2D eigenvalue weighted by Crippen LogP contribution is 2.20. The number of anilines is 2. The third kappa shape index (κ3) is 4.37. The molecule has 3 rings (SSSR count). The number of carbonyl (C=O) groups excluding carboxylic acids is 2. The topological polar surface area (TPSA) is 78.7 Å². The summed E-state index contributed by atoms with van der Waals surface area (Å²) in [6, 6.07) is 13.2. The molecule has 7 heteroatoms. The molecule has 0 atom stereocenters. The Morgan fingerprint density at radius 3 is 2.27 bits per heavy atom. The zero-order chi connectivity index (χ0) is 18.5. The van der Waals surface area contributed by atoms with Gasteiger partial charge < -0.3 is 16.0 Å². The molecule has 1 fully saturated rings. The fourth-order valence-corrected chi connectivity index (χ4v) is 2.98. The van der Waals surface area contributed by atoms with Crippen molar-refractivity contribution < 1.29 is 14.0 Å². The first-order valence-corrected chi connectivity index (χ1v) is 8.44. The summed E-state index contributed by atoms with van der Waals surface area (Å²) in [5, 5.41) is 2.80. The van der Waals surface area contributed by atoms with Crippen LogP contribution in [0.5, 0.6) is 0 Å². The van der Waals surface area contributed by atoms with Crippen LogP contribution in [0.2, 0.25) is 0 Å². The van der Waals surface area contributed by atoms with Crippen LogP contribution in [-0.2, 0) is 4.79 Å². The van der Waals surface area contributed by atoms with E-state index in [1.807, 2.05) is 15.9 Å². The van der Waals surface area contributed by atoms with E-state index in [4.69, 9.17) is 5.73 Å². The maximum Gasteiger partial charge on any atom is 0.248 e. The Balaban J connectivity index is 1.49. The first-order chi connectivity index (χ1) is 12.5. The Hall–Kier alpha value is -2.93. The van der Waals surface area contributed by atoms with Crippen molar-refractivity contribution in [1.82, 2.24) is 4.90 Å². The molecular formula is C19H21FN4O2. The van der Waals surface area contributed by atoms with Crippen molar-refractivity contribution in [3.8, 4) is 0 Å². The van der Waals surface area contributed by atoms with E-state index in [-0.39, 0.29) is 18.3 Å². The molecule has 1 saturated heterocycles. The molecule has 0 aliphatic carbocycles. The summed E-state index contributed by atoms with van der Waals surface area (Å²) >= 11 is 0. The van der Waals surface area contributed by atoms with E-state index >= 15 is 0 Å². The average molecular weight is 356 g/mol. The van der Waals surface area contributed by atoms with Crippen molar-refractivity contribution in [2.45, 2.75) is 0 Å². The normalized spacial score (nSPS) is 14.9. The molecule has 0 radical (unpaired) electrons. The smallest absolute Gasteiger partial charge is 0.248 e. The minimum absolute atomic E-state index is 0.129. The van der Waals surface area contributed by atoms with Crippen LogP contribution < -0.4 is 16.0 Å². The molecule has 2 aromatic carbocycles. The SMILES string of the molecule is NC(=O)c1ccc(NC(=O)CN2CCN(c3ccccc3F)CC2)cc1. The van der Waals surface area contributed by atoms with Crippen LogP contribution >= 0.6 is 0 Å². The highest BCUT2D eigenvalue weighted by molar-refractivity contribution is 5.95. The van der Waals surface area contributed by atoms with Gasteiger partial charge in [0, 0.05) is 37.4 Å². The van der Waals surface area contributed by atoms with Gasteiger partial charge in [0.15, 0.2) is 0 Å². The monoisotopic (exact) mass is 356 g/mol. The first-order valence-electron chi connectivity index (χ1n) is 8.44. The van der Waals surface area contributed by atoms with Crippen LogP contribution in [0.25, 0.3) is 0 Å². The van der Waals surface area contributed by atoms with Crippen LogP contribution in [0.1, 0.15) is 10.4 Å². The second-order valence-corrected chi connectivity index (χ2v) is 6.20. The summed E-state index contributed by atoms with van der Waals surface area (Å²) in [6.07, 6.45) is 0. The van der Waals surface area contributed by atoms with Crippen molar-refractivity contribution in [1.29, 1.82) is 0 Å². The van der Waals surface area contributed by atoms with Crippen molar-refractivity contribution in [2.24, 2.45) is 5.73 Å². The molecule has 2 aromatic rings. The summed E-state index contributed by atoms with van der Waals surface area (Å²) < 4.78 is 13.9. The van der Waals surface area contributed by atoms with Crippen molar-refractivity contribution >= 4 is 23.2 Å². The van der Waals surface area contributed by atoms with Gasteiger partial charge in [0.1, 0.15) is 5.82 Å². The van der Waals surface area contributed by atoms with Crippen molar-refractivity contribution in [3.05, 3.63) is 59.9 Å². The van der Waals surface area contributed by atoms with Crippen LogP contribution in [0.3, 0.4) is 0 Å². The Kier molecular flexibility index (Phi) is 5.48. The number of halogens is 1. The number of benzene rings is 2. The molecular weight excluding hydrogens is 335 g/mol. The fraction of sp³-hybridized carbons (Fsp3) is 0.263. The number of piperazine rings is 1.